The van der Waals surface area contributed by atoms with Crippen LogP contribution in [0.2, 0.25) is 0 Å². The van der Waals surface area contributed by atoms with Crippen LogP contribution in [-0.4, -0.2) is 49.6 Å². The first-order valence-electron chi connectivity index (χ1n) is 10.9. The molecule has 5 rings (SSSR count). The lowest BCUT2D eigenvalue weighted by molar-refractivity contribution is -0.121. The van der Waals surface area contributed by atoms with Crippen molar-refractivity contribution in [3.8, 4) is 0 Å². The van der Waals surface area contributed by atoms with Crippen LogP contribution in [0, 0.1) is 17.8 Å². The van der Waals surface area contributed by atoms with Crippen LogP contribution in [0.1, 0.15) is 56.7 Å². The molecule has 1 aromatic heterocycles. The van der Waals surface area contributed by atoms with Crippen molar-refractivity contribution in [1.82, 2.24) is 20.9 Å². The van der Waals surface area contributed by atoms with E-state index in [2.05, 4.69) is 16.0 Å². The zero-order valence-corrected chi connectivity index (χ0v) is 17.6. The summed E-state index contributed by atoms with van der Waals surface area (Å²) in [6, 6.07) is 3.62. The second kappa shape index (κ2) is 8.38. The van der Waals surface area contributed by atoms with E-state index in [1.807, 2.05) is 31.1 Å². The van der Waals surface area contributed by atoms with E-state index in [9.17, 15) is 9.59 Å². The first-order valence-corrected chi connectivity index (χ1v) is 10.9. The molecule has 4 aliphatic rings. The van der Waals surface area contributed by atoms with E-state index in [1.54, 1.807) is 6.26 Å². The van der Waals surface area contributed by atoms with Crippen molar-refractivity contribution in [2.75, 3.05) is 27.2 Å². The summed E-state index contributed by atoms with van der Waals surface area (Å²) in [5, 5.41) is 9.11. The van der Waals surface area contributed by atoms with Gasteiger partial charge in [-0.15, -0.1) is 0 Å². The number of amides is 3. The van der Waals surface area contributed by atoms with Gasteiger partial charge in [0.25, 0.3) is 0 Å². The Morgan fingerprint density at radius 1 is 1.14 bits per heavy atom. The molecular weight excluding hydrogens is 368 g/mol. The maximum atomic E-state index is 12.4. The van der Waals surface area contributed by atoms with Crippen LogP contribution < -0.4 is 16.0 Å². The van der Waals surface area contributed by atoms with Crippen LogP contribution in [0.3, 0.4) is 0 Å². The van der Waals surface area contributed by atoms with Gasteiger partial charge >= 0.3 is 6.03 Å². The van der Waals surface area contributed by atoms with Gasteiger partial charge in [-0.3, -0.25) is 9.69 Å². The monoisotopic (exact) mass is 402 g/mol. The first-order chi connectivity index (χ1) is 13.9. The van der Waals surface area contributed by atoms with E-state index < -0.39 is 0 Å². The van der Waals surface area contributed by atoms with E-state index in [4.69, 9.17) is 4.42 Å². The highest BCUT2D eigenvalue weighted by atomic mass is 16.3. The summed E-state index contributed by atoms with van der Waals surface area (Å²) in [6.07, 6.45) is 9.37. The average Bonchev–Trinajstić information content (AvgIpc) is 3.14. The third-order valence-corrected chi connectivity index (χ3v) is 7.04. The van der Waals surface area contributed by atoms with Gasteiger partial charge in [0.2, 0.25) is 5.91 Å². The standard InChI is InChI=1S/C22H34N4O3/c1-26(2)18(19-4-3-7-29-19)14-24-20(27)5-6-23-21(28)25-22-11-15-8-16(12-22)10-17(9-15)13-22/h3-4,7,15-18H,5-6,8-14H2,1-2H3,(H,24,27)(H2,23,25,28). The highest BCUT2D eigenvalue weighted by molar-refractivity contribution is 5.78. The predicted molar refractivity (Wildman–Crippen MR) is 110 cm³/mol. The smallest absolute Gasteiger partial charge is 0.315 e. The summed E-state index contributed by atoms with van der Waals surface area (Å²) in [5.41, 5.74) is 0.00304. The summed E-state index contributed by atoms with van der Waals surface area (Å²) in [4.78, 5) is 26.7. The molecule has 1 atom stereocenters. The van der Waals surface area contributed by atoms with Gasteiger partial charge in [-0.25, -0.2) is 4.79 Å². The van der Waals surface area contributed by atoms with E-state index in [-0.39, 0.29) is 29.9 Å². The van der Waals surface area contributed by atoms with Gasteiger partial charge in [0.15, 0.2) is 0 Å². The minimum atomic E-state index is -0.124. The minimum absolute atomic E-state index is 0.00304. The van der Waals surface area contributed by atoms with Crippen molar-refractivity contribution >= 4 is 11.9 Å². The SMILES string of the molecule is CN(C)C(CNC(=O)CCNC(=O)NC12CC3CC(CC(C3)C1)C2)c1ccco1. The van der Waals surface area contributed by atoms with Gasteiger partial charge in [0.05, 0.1) is 12.3 Å². The van der Waals surface area contributed by atoms with E-state index in [1.165, 1.54) is 19.3 Å². The number of nitrogens with zero attached hydrogens (tertiary/aromatic N) is 1. The zero-order chi connectivity index (χ0) is 20.4. The lowest BCUT2D eigenvalue weighted by atomic mass is 9.53. The first kappa shape index (κ1) is 20.3. The van der Waals surface area contributed by atoms with Crippen molar-refractivity contribution in [1.29, 1.82) is 0 Å². The molecule has 29 heavy (non-hydrogen) atoms. The molecule has 0 spiro atoms. The summed E-state index contributed by atoms with van der Waals surface area (Å²) in [6.45, 7) is 0.816. The number of carbonyl (C=O) groups is 2. The van der Waals surface area contributed by atoms with Crippen LogP contribution in [0.4, 0.5) is 4.79 Å². The maximum absolute atomic E-state index is 12.4. The van der Waals surface area contributed by atoms with Crippen LogP contribution in [0.25, 0.3) is 0 Å². The Labute approximate surface area is 173 Å². The minimum Gasteiger partial charge on any atom is -0.468 e. The lowest BCUT2D eigenvalue weighted by Crippen LogP contribution is -2.61. The molecule has 4 saturated carbocycles. The Kier molecular flexibility index (Phi) is 5.86. The molecule has 160 valence electrons. The van der Waals surface area contributed by atoms with Gasteiger partial charge in [-0.2, -0.15) is 0 Å². The van der Waals surface area contributed by atoms with E-state index in [0.29, 0.717) is 13.1 Å². The zero-order valence-electron chi connectivity index (χ0n) is 17.6. The van der Waals surface area contributed by atoms with Crippen molar-refractivity contribution < 1.29 is 14.0 Å². The second-order valence-corrected chi connectivity index (χ2v) is 9.63. The fourth-order valence-corrected chi connectivity index (χ4v) is 6.16. The molecule has 1 heterocycles. The number of hydrogen-bond donors (Lipinski definition) is 3. The third kappa shape index (κ3) is 4.77. The topological polar surface area (TPSA) is 86.6 Å². The van der Waals surface area contributed by atoms with Crippen LogP contribution in [-0.2, 0) is 4.79 Å². The molecule has 0 saturated heterocycles. The highest BCUT2D eigenvalue weighted by Gasteiger charge is 2.51. The summed E-state index contributed by atoms with van der Waals surface area (Å²) in [5.74, 6) is 3.14. The van der Waals surface area contributed by atoms with Crippen LogP contribution in [0.15, 0.2) is 22.8 Å². The van der Waals surface area contributed by atoms with Crippen LogP contribution >= 0.6 is 0 Å². The average molecular weight is 403 g/mol. The van der Waals surface area contributed by atoms with Gasteiger partial charge in [0.1, 0.15) is 5.76 Å². The number of rotatable bonds is 8. The Morgan fingerprint density at radius 2 is 1.79 bits per heavy atom. The number of hydrogen-bond acceptors (Lipinski definition) is 4. The second-order valence-electron chi connectivity index (χ2n) is 9.63. The Hall–Kier alpha value is -2.02. The van der Waals surface area contributed by atoms with E-state index in [0.717, 1.165) is 42.8 Å². The van der Waals surface area contributed by atoms with E-state index >= 15 is 0 Å². The maximum Gasteiger partial charge on any atom is 0.315 e. The molecule has 4 fully saturated rings. The fraction of sp³-hybridized carbons (Fsp3) is 0.727. The number of nitrogens with one attached hydrogen (secondary N) is 3. The van der Waals surface area contributed by atoms with Crippen molar-refractivity contribution in [2.24, 2.45) is 17.8 Å². The highest BCUT2D eigenvalue weighted by Crippen LogP contribution is 2.55. The van der Waals surface area contributed by atoms with Crippen LogP contribution in [0.5, 0.6) is 0 Å². The van der Waals surface area contributed by atoms with Gasteiger partial charge in [-0.1, -0.05) is 0 Å². The summed E-state index contributed by atoms with van der Waals surface area (Å²) in [7, 11) is 3.91. The largest absolute Gasteiger partial charge is 0.468 e. The molecule has 0 radical (unpaired) electrons. The number of urea groups is 1. The molecule has 7 heteroatoms. The summed E-state index contributed by atoms with van der Waals surface area (Å²) < 4.78 is 5.46. The fourth-order valence-electron chi connectivity index (χ4n) is 6.16. The molecule has 0 aromatic carbocycles. The van der Waals surface area contributed by atoms with Crippen molar-refractivity contribution in [3.63, 3.8) is 0 Å². The normalized spacial score (nSPS) is 30.9. The molecule has 1 aromatic rings. The number of furan rings is 1. The quantitative estimate of drug-likeness (QED) is 0.624. The number of carbonyl (C=O) groups excluding carboxylic acids is 2. The Balaban J connectivity index is 1.17. The summed E-state index contributed by atoms with van der Waals surface area (Å²) >= 11 is 0. The Bertz CT molecular complexity index is 680. The molecule has 7 nitrogen and oxygen atoms in total. The molecule has 4 aliphatic carbocycles. The third-order valence-electron chi connectivity index (χ3n) is 7.04. The molecule has 1 unspecified atom stereocenters. The molecule has 4 bridgehead atoms. The number of likely N-dealkylation sites (N-methyl/N-ethyl adjacent to an activating group) is 1. The molecular formula is C22H34N4O3. The van der Waals surface area contributed by atoms with Gasteiger partial charge in [-0.05, 0) is 82.5 Å². The lowest BCUT2D eigenvalue weighted by Gasteiger charge is -2.56. The van der Waals surface area contributed by atoms with Crippen molar-refractivity contribution in [3.05, 3.63) is 24.2 Å². The molecule has 3 N–H and O–H groups in total. The Morgan fingerprint density at radius 3 is 2.34 bits per heavy atom. The molecule has 0 aliphatic heterocycles. The van der Waals surface area contributed by atoms with Crippen molar-refractivity contribution in [2.45, 2.75) is 56.5 Å². The van der Waals surface area contributed by atoms with Gasteiger partial charge in [0, 0.05) is 25.0 Å². The predicted octanol–water partition coefficient (Wildman–Crippen LogP) is 2.66. The van der Waals surface area contributed by atoms with Gasteiger partial charge < -0.3 is 20.4 Å². The molecule has 3 amide bonds.